The SMILES string of the molecule is Cc1ccc(C[N+]2(C)CC3CCC(C2)C3CNC(=O)C(CO)c2ccccc2)cc1.[I-]. The van der Waals surface area contributed by atoms with E-state index in [0.717, 1.165) is 23.1 Å². The molecule has 2 aromatic rings. The normalized spacial score (nSPS) is 27.9. The number of hydrogen-bond donors (Lipinski definition) is 2. The zero-order valence-electron chi connectivity index (χ0n) is 18.6. The third-order valence-electron chi connectivity index (χ3n) is 7.37. The highest BCUT2D eigenvalue weighted by Gasteiger charge is 2.48. The zero-order chi connectivity index (χ0) is 21.1. The number of halogens is 1. The van der Waals surface area contributed by atoms with Crippen LogP contribution in [0.1, 0.15) is 35.4 Å². The van der Waals surface area contributed by atoms with Crippen LogP contribution in [0.25, 0.3) is 0 Å². The number of nitrogens with zero attached hydrogens (tertiary/aromatic N) is 1. The van der Waals surface area contributed by atoms with E-state index in [9.17, 15) is 9.90 Å². The summed E-state index contributed by atoms with van der Waals surface area (Å²) < 4.78 is 1.10. The molecule has 0 radical (unpaired) electrons. The van der Waals surface area contributed by atoms with Crippen LogP contribution < -0.4 is 29.3 Å². The molecule has 2 aromatic carbocycles. The summed E-state index contributed by atoms with van der Waals surface area (Å²) in [5.74, 6) is 1.38. The van der Waals surface area contributed by atoms with Gasteiger partial charge in [0.25, 0.3) is 0 Å². The molecule has 2 fully saturated rings. The van der Waals surface area contributed by atoms with Crippen molar-refractivity contribution in [3.8, 4) is 0 Å². The lowest BCUT2D eigenvalue weighted by Crippen LogP contribution is -3.00. The van der Waals surface area contributed by atoms with Crippen LogP contribution in [0.2, 0.25) is 0 Å². The number of aryl methyl sites for hydroxylation is 1. The maximum Gasteiger partial charge on any atom is 0.229 e. The molecule has 1 aliphatic carbocycles. The Hall–Kier alpha value is -1.44. The second-order valence-electron chi connectivity index (χ2n) is 9.78. The van der Waals surface area contributed by atoms with E-state index in [1.165, 1.54) is 37.1 Å². The number of nitrogens with one attached hydrogen (secondary N) is 1. The van der Waals surface area contributed by atoms with E-state index in [0.29, 0.717) is 17.8 Å². The van der Waals surface area contributed by atoms with E-state index < -0.39 is 5.92 Å². The maximum atomic E-state index is 12.8. The van der Waals surface area contributed by atoms with Crippen molar-refractivity contribution in [3.05, 3.63) is 71.3 Å². The van der Waals surface area contributed by atoms with Crippen molar-refractivity contribution in [2.24, 2.45) is 17.8 Å². The van der Waals surface area contributed by atoms with Crippen molar-refractivity contribution >= 4 is 5.91 Å². The third-order valence-corrected chi connectivity index (χ3v) is 7.37. The summed E-state index contributed by atoms with van der Waals surface area (Å²) in [4.78, 5) is 12.8. The van der Waals surface area contributed by atoms with Crippen molar-refractivity contribution in [2.75, 3.05) is 33.3 Å². The molecule has 1 saturated heterocycles. The Kier molecular flexibility index (Phi) is 8.16. The molecule has 2 bridgehead atoms. The summed E-state index contributed by atoms with van der Waals surface area (Å²) in [5, 5.41) is 12.9. The Morgan fingerprint density at radius 2 is 1.68 bits per heavy atom. The number of amides is 1. The average Bonchev–Trinajstić information content (AvgIpc) is 3.00. The summed E-state index contributed by atoms with van der Waals surface area (Å²) >= 11 is 0. The fourth-order valence-electron chi connectivity index (χ4n) is 5.86. The van der Waals surface area contributed by atoms with Crippen LogP contribution in [0.3, 0.4) is 0 Å². The van der Waals surface area contributed by atoms with E-state index in [1.807, 2.05) is 30.3 Å². The fraction of sp³-hybridized carbons (Fsp3) is 0.500. The van der Waals surface area contributed by atoms with Crippen LogP contribution in [0.15, 0.2) is 54.6 Å². The quantitative estimate of drug-likeness (QED) is 0.402. The summed E-state index contributed by atoms with van der Waals surface area (Å²) in [5.41, 5.74) is 3.61. The molecule has 4 nitrogen and oxygen atoms in total. The van der Waals surface area contributed by atoms with E-state index in [1.54, 1.807) is 0 Å². The van der Waals surface area contributed by atoms with Gasteiger partial charge in [0.1, 0.15) is 6.54 Å². The smallest absolute Gasteiger partial charge is 0.229 e. The molecule has 3 atom stereocenters. The first kappa shape index (κ1) is 24.2. The van der Waals surface area contributed by atoms with Crippen LogP contribution in [0, 0.1) is 24.7 Å². The predicted octanol–water partition coefficient (Wildman–Crippen LogP) is 0.494. The molecule has 2 N–H and O–H groups in total. The number of piperidine rings is 1. The van der Waals surface area contributed by atoms with Gasteiger partial charge in [0.05, 0.1) is 32.7 Å². The molecule has 168 valence electrons. The highest BCUT2D eigenvalue weighted by Crippen LogP contribution is 2.44. The molecule has 2 aliphatic rings. The topological polar surface area (TPSA) is 49.3 Å². The Balaban J connectivity index is 0.00000272. The van der Waals surface area contributed by atoms with Crippen LogP contribution in [-0.2, 0) is 11.3 Å². The van der Waals surface area contributed by atoms with Crippen LogP contribution in [0.5, 0.6) is 0 Å². The van der Waals surface area contributed by atoms with Gasteiger partial charge in [-0.15, -0.1) is 0 Å². The van der Waals surface area contributed by atoms with Gasteiger partial charge in [0.15, 0.2) is 0 Å². The average molecular weight is 534 g/mol. The number of fused-ring (bicyclic) bond motifs is 2. The predicted molar refractivity (Wildman–Crippen MR) is 120 cm³/mol. The highest BCUT2D eigenvalue weighted by atomic mass is 127. The van der Waals surface area contributed by atoms with Crippen molar-refractivity contribution in [1.82, 2.24) is 5.32 Å². The van der Waals surface area contributed by atoms with Gasteiger partial charge in [-0.3, -0.25) is 4.79 Å². The monoisotopic (exact) mass is 534 g/mol. The summed E-state index contributed by atoms with van der Waals surface area (Å²) in [6, 6.07) is 18.6. The van der Waals surface area contributed by atoms with Gasteiger partial charge in [0, 0.05) is 23.9 Å². The highest BCUT2D eigenvalue weighted by molar-refractivity contribution is 5.83. The number of quaternary nitrogens is 1. The molecule has 0 aromatic heterocycles. The van der Waals surface area contributed by atoms with Gasteiger partial charge < -0.3 is 38.9 Å². The second-order valence-corrected chi connectivity index (χ2v) is 9.78. The van der Waals surface area contributed by atoms with E-state index >= 15 is 0 Å². The van der Waals surface area contributed by atoms with E-state index in [2.05, 4.69) is 43.6 Å². The Bertz CT molecular complexity index is 841. The largest absolute Gasteiger partial charge is 1.00 e. The molecule has 4 rings (SSSR count). The third kappa shape index (κ3) is 5.68. The molecular weight excluding hydrogens is 499 g/mol. The standard InChI is InChI=1S/C26H34N2O2.HI/c1-19-8-10-20(11-9-19)15-28(2)16-22-12-13-23(17-28)24(22)14-27-26(30)25(18-29)21-6-4-3-5-7-21;/h3-11,22-25,29H,12-18H2,1-2H3;1H. The summed E-state index contributed by atoms with van der Waals surface area (Å²) in [7, 11) is 2.40. The van der Waals surface area contributed by atoms with Gasteiger partial charge in [-0.2, -0.15) is 0 Å². The lowest BCUT2D eigenvalue weighted by molar-refractivity contribution is -0.933. The number of aliphatic hydroxyl groups is 1. The molecule has 1 saturated carbocycles. The lowest BCUT2D eigenvalue weighted by Gasteiger charge is -2.45. The van der Waals surface area contributed by atoms with Gasteiger partial charge in [0.2, 0.25) is 5.91 Å². The molecule has 5 heteroatoms. The minimum atomic E-state index is -0.477. The van der Waals surface area contributed by atoms with Gasteiger partial charge in [-0.25, -0.2) is 0 Å². The number of carbonyl (C=O) groups is 1. The zero-order valence-corrected chi connectivity index (χ0v) is 20.8. The number of carbonyl (C=O) groups excluding carboxylic acids is 1. The molecule has 1 heterocycles. The number of hydrogen-bond acceptors (Lipinski definition) is 2. The van der Waals surface area contributed by atoms with Crippen LogP contribution in [-0.4, -0.2) is 48.8 Å². The second kappa shape index (κ2) is 10.5. The Morgan fingerprint density at radius 1 is 1.06 bits per heavy atom. The number of aliphatic hydroxyl groups excluding tert-OH is 1. The number of rotatable bonds is 7. The Labute approximate surface area is 203 Å². The number of likely N-dealkylation sites (tertiary alicyclic amines) is 1. The number of benzene rings is 2. The molecule has 1 amide bonds. The maximum absolute atomic E-state index is 12.8. The first-order valence-corrected chi connectivity index (χ1v) is 11.3. The minimum absolute atomic E-state index is 0. The van der Waals surface area contributed by atoms with E-state index in [-0.39, 0.29) is 36.5 Å². The minimum Gasteiger partial charge on any atom is -1.00 e. The fourth-order valence-corrected chi connectivity index (χ4v) is 5.86. The Morgan fingerprint density at radius 3 is 2.26 bits per heavy atom. The van der Waals surface area contributed by atoms with Crippen molar-refractivity contribution < 1.29 is 38.4 Å². The molecule has 0 spiro atoms. The van der Waals surface area contributed by atoms with Gasteiger partial charge in [-0.05, 0) is 31.2 Å². The molecule has 1 aliphatic heterocycles. The first-order valence-electron chi connectivity index (χ1n) is 11.3. The van der Waals surface area contributed by atoms with Crippen LogP contribution in [0.4, 0.5) is 0 Å². The molecular formula is C26H35IN2O2. The molecule has 3 unspecified atom stereocenters. The van der Waals surface area contributed by atoms with Gasteiger partial charge in [-0.1, -0.05) is 60.2 Å². The van der Waals surface area contributed by atoms with E-state index in [4.69, 9.17) is 0 Å². The van der Waals surface area contributed by atoms with Crippen LogP contribution >= 0.6 is 0 Å². The summed E-state index contributed by atoms with van der Waals surface area (Å²) in [6.07, 6.45) is 2.55. The van der Waals surface area contributed by atoms with Crippen molar-refractivity contribution in [2.45, 2.75) is 32.2 Å². The van der Waals surface area contributed by atoms with Crippen molar-refractivity contribution in [1.29, 1.82) is 0 Å². The first-order chi connectivity index (χ1) is 14.5. The summed E-state index contributed by atoms with van der Waals surface area (Å²) in [6.45, 7) is 6.19. The molecule has 31 heavy (non-hydrogen) atoms. The lowest BCUT2D eigenvalue weighted by atomic mass is 9.83. The van der Waals surface area contributed by atoms with Gasteiger partial charge >= 0.3 is 0 Å². The van der Waals surface area contributed by atoms with Crippen molar-refractivity contribution in [3.63, 3.8) is 0 Å².